The third-order valence-electron chi connectivity index (χ3n) is 0.411. The second kappa shape index (κ2) is 5.77. The molecule has 0 aromatic heterocycles. The number of terminal acetylenes is 1. The summed E-state index contributed by atoms with van der Waals surface area (Å²) in [7, 11) is 0. The van der Waals surface area contributed by atoms with Crippen LogP contribution in [0.1, 0.15) is 0 Å². The van der Waals surface area contributed by atoms with E-state index in [4.69, 9.17) is 17.3 Å². The molecule has 1 unspecified atom stereocenters. The summed E-state index contributed by atoms with van der Waals surface area (Å²) < 4.78 is 0. The van der Waals surface area contributed by atoms with Gasteiger partial charge < -0.3 is 10.8 Å². The van der Waals surface area contributed by atoms with Crippen molar-refractivity contribution in [3.8, 4) is 12.3 Å². The molecule has 0 bridgehead atoms. The molecule has 0 rings (SSSR count). The Morgan fingerprint density at radius 3 is 2.29 bits per heavy atom. The maximum atomic E-state index is 8.07. The molecular weight excluding hydrogens is 114 g/mol. The largest absolute Gasteiger partial charge is 0.394 e. The average Bonchev–Trinajstić information content (AvgIpc) is 1.65. The highest BCUT2D eigenvalue weighted by Crippen LogP contribution is 1.63. The molecule has 0 heterocycles. The fourth-order valence-electron chi connectivity index (χ4n) is 0.0527. The Hall–Kier alpha value is -0.230. The maximum Gasteiger partial charge on any atom is 0.0896 e. The summed E-state index contributed by atoms with van der Waals surface area (Å²) in [5.74, 6) is 2.14. The molecule has 0 aliphatic rings. The number of nitrogens with two attached hydrogens (primary N) is 1. The third kappa shape index (κ3) is 5.77. The molecule has 2 nitrogen and oxygen atoms in total. The minimum absolute atomic E-state index is 0. The van der Waals surface area contributed by atoms with Crippen molar-refractivity contribution in [2.75, 3.05) is 6.61 Å². The molecule has 42 valence electrons. The Labute approximate surface area is 49.1 Å². The molecule has 0 aliphatic heterocycles. The predicted octanol–water partition coefficient (Wildman–Crippen LogP) is -0.639. The topological polar surface area (TPSA) is 46.2 Å². The normalized spacial score (nSPS) is 11.0. The molecule has 0 aliphatic carbocycles. The van der Waals surface area contributed by atoms with Gasteiger partial charge in [0.25, 0.3) is 0 Å². The van der Waals surface area contributed by atoms with Crippen molar-refractivity contribution in [1.29, 1.82) is 0 Å². The lowest BCUT2D eigenvalue weighted by Crippen LogP contribution is -2.21. The van der Waals surface area contributed by atoms with Crippen LogP contribution in [0, 0.1) is 12.3 Å². The Morgan fingerprint density at radius 2 is 2.29 bits per heavy atom. The van der Waals surface area contributed by atoms with E-state index >= 15 is 0 Å². The van der Waals surface area contributed by atoms with Crippen molar-refractivity contribution in [2.24, 2.45) is 5.73 Å². The van der Waals surface area contributed by atoms with Gasteiger partial charge >= 0.3 is 0 Å². The average molecular weight is 122 g/mol. The number of hydrogen-bond donors (Lipinski definition) is 2. The summed E-state index contributed by atoms with van der Waals surface area (Å²) in [4.78, 5) is 0. The number of hydrogen-bond acceptors (Lipinski definition) is 2. The molecule has 0 fully saturated rings. The van der Waals surface area contributed by atoms with Crippen LogP contribution in [0.15, 0.2) is 0 Å². The highest BCUT2D eigenvalue weighted by molar-refractivity contribution is 5.85. The van der Waals surface area contributed by atoms with Crippen LogP contribution in [0.5, 0.6) is 0 Å². The Morgan fingerprint density at radius 1 is 1.86 bits per heavy atom. The first-order valence-electron chi connectivity index (χ1n) is 1.64. The van der Waals surface area contributed by atoms with E-state index in [2.05, 4.69) is 5.92 Å². The third-order valence-corrected chi connectivity index (χ3v) is 0.411. The summed E-state index contributed by atoms with van der Waals surface area (Å²) in [6, 6.07) is -0.481. The van der Waals surface area contributed by atoms with Gasteiger partial charge in [-0.15, -0.1) is 18.8 Å². The zero-order valence-corrected chi connectivity index (χ0v) is 4.61. The van der Waals surface area contributed by atoms with Crippen LogP contribution in [-0.2, 0) is 0 Å². The molecule has 1 atom stereocenters. The molecule has 0 aromatic carbocycles. The van der Waals surface area contributed by atoms with Crippen molar-refractivity contribution < 1.29 is 5.11 Å². The van der Waals surface area contributed by atoms with E-state index in [0.29, 0.717) is 0 Å². The number of halogens is 1. The fraction of sp³-hybridized carbons (Fsp3) is 0.500. The van der Waals surface area contributed by atoms with Gasteiger partial charge in [-0.2, -0.15) is 0 Å². The summed E-state index contributed by atoms with van der Waals surface area (Å²) in [6.45, 7) is -0.128. The lowest BCUT2D eigenvalue weighted by atomic mass is 10.4. The molecule has 0 radical (unpaired) electrons. The predicted molar refractivity (Wildman–Crippen MR) is 31.1 cm³/mol. The van der Waals surface area contributed by atoms with Gasteiger partial charge in [-0.3, -0.25) is 0 Å². The zero-order chi connectivity index (χ0) is 4.99. The zero-order valence-electron chi connectivity index (χ0n) is 3.79. The van der Waals surface area contributed by atoms with Crippen molar-refractivity contribution in [3.63, 3.8) is 0 Å². The Balaban J connectivity index is 0. The molecular formula is C4H8ClNO. The first kappa shape index (κ1) is 9.91. The quantitative estimate of drug-likeness (QED) is 0.454. The van der Waals surface area contributed by atoms with Crippen molar-refractivity contribution in [2.45, 2.75) is 6.04 Å². The van der Waals surface area contributed by atoms with Crippen LogP contribution in [0.25, 0.3) is 0 Å². The van der Waals surface area contributed by atoms with E-state index < -0.39 is 6.04 Å². The van der Waals surface area contributed by atoms with Gasteiger partial charge in [0.05, 0.1) is 12.6 Å². The highest BCUT2D eigenvalue weighted by atomic mass is 35.5. The van der Waals surface area contributed by atoms with Gasteiger partial charge in [-0.25, -0.2) is 0 Å². The van der Waals surface area contributed by atoms with Gasteiger partial charge in [0.15, 0.2) is 0 Å². The molecule has 3 heteroatoms. The number of aliphatic hydroxyl groups excluding tert-OH is 1. The van der Waals surface area contributed by atoms with E-state index in [9.17, 15) is 0 Å². The first-order valence-corrected chi connectivity index (χ1v) is 1.64. The smallest absolute Gasteiger partial charge is 0.0896 e. The standard InChI is InChI=1S/C4H7NO.ClH/c1-2-4(5)3-6;/h1,4,6H,3,5H2;1H. The fourth-order valence-corrected chi connectivity index (χ4v) is 0.0527. The van der Waals surface area contributed by atoms with Crippen LogP contribution >= 0.6 is 12.4 Å². The minimum Gasteiger partial charge on any atom is -0.394 e. The van der Waals surface area contributed by atoms with Gasteiger partial charge in [-0.1, -0.05) is 5.92 Å². The highest BCUT2D eigenvalue weighted by Gasteiger charge is 1.86. The Bertz CT molecular complexity index is 68.6. The Kier molecular flexibility index (Phi) is 8.17. The molecule has 7 heavy (non-hydrogen) atoms. The second-order valence-corrected chi connectivity index (χ2v) is 0.956. The van der Waals surface area contributed by atoms with E-state index in [1.807, 2.05) is 0 Å². The minimum atomic E-state index is -0.481. The van der Waals surface area contributed by atoms with Gasteiger partial charge in [0.2, 0.25) is 0 Å². The lowest BCUT2D eigenvalue weighted by molar-refractivity contribution is 0.287. The van der Waals surface area contributed by atoms with Crippen LogP contribution in [0.4, 0.5) is 0 Å². The van der Waals surface area contributed by atoms with E-state index in [-0.39, 0.29) is 19.0 Å². The van der Waals surface area contributed by atoms with Crippen LogP contribution in [0.3, 0.4) is 0 Å². The lowest BCUT2D eigenvalue weighted by Gasteiger charge is -1.91. The monoisotopic (exact) mass is 121 g/mol. The molecule has 3 N–H and O–H groups in total. The van der Waals surface area contributed by atoms with Crippen LogP contribution in [0.2, 0.25) is 0 Å². The number of aliphatic hydroxyl groups is 1. The van der Waals surface area contributed by atoms with E-state index in [1.54, 1.807) is 0 Å². The molecule has 0 saturated carbocycles. The van der Waals surface area contributed by atoms with Crippen LogP contribution in [-0.4, -0.2) is 17.8 Å². The van der Waals surface area contributed by atoms with Gasteiger partial charge in [-0.05, 0) is 0 Å². The summed E-state index contributed by atoms with van der Waals surface area (Å²) in [5.41, 5.74) is 4.99. The second-order valence-electron chi connectivity index (χ2n) is 0.956. The summed E-state index contributed by atoms with van der Waals surface area (Å²) in [5, 5.41) is 8.07. The van der Waals surface area contributed by atoms with Crippen molar-refractivity contribution >= 4 is 12.4 Å². The summed E-state index contributed by atoms with van der Waals surface area (Å²) in [6.07, 6.45) is 4.75. The van der Waals surface area contributed by atoms with Crippen molar-refractivity contribution in [1.82, 2.24) is 0 Å². The summed E-state index contributed by atoms with van der Waals surface area (Å²) >= 11 is 0. The molecule has 0 spiro atoms. The molecule has 0 aromatic rings. The van der Waals surface area contributed by atoms with E-state index in [0.717, 1.165) is 0 Å². The van der Waals surface area contributed by atoms with Crippen LogP contribution < -0.4 is 5.73 Å². The van der Waals surface area contributed by atoms with Gasteiger partial charge in [0.1, 0.15) is 0 Å². The molecule has 0 saturated heterocycles. The maximum absolute atomic E-state index is 8.07. The molecule has 0 amide bonds. The first-order chi connectivity index (χ1) is 2.81. The number of rotatable bonds is 1. The van der Waals surface area contributed by atoms with E-state index in [1.165, 1.54) is 0 Å². The van der Waals surface area contributed by atoms with Crippen molar-refractivity contribution in [3.05, 3.63) is 0 Å². The van der Waals surface area contributed by atoms with Gasteiger partial charge in [0, 0.05) is 0 Å². The SMILES string of the molecule is C#CC(N)CO.Cl.